The standard InChI is InChI=1S/C16H20ClNO2/c1-5-10-18(16(2,3)4)14-8-6-12(11-13(14)17)7-9-15(19)20/h5-9,11H,1,10H2,2-4H3,(H,19,20)/b9-7+. The molecule has 0 saturated heterocycles. The summed E-state index contributed by atoms with van der Waals surface area (Å²) < 4.78 is 0. The highest BCUT2D eigenvalue weighted by atomic mass is 35.5. The Morgan fingerprint density at radius 1 is 1.45 bits per heavy atom. The minimum absolute atomic E-state index is 0.0871. The van der Waals surface area contributed by atoms with Crippen LogP contribution in [0.2, 0.25) is 5.02 Å². The molecule has 0 aliphatic heterocycles. The molecule has 0 radical (unpaired) electrons. The van der Waals surface area contributed by atoms with Crippen LogP contribution in [0.3, 0.4) is 0 Å². The maximum absolute atomic E-state index is 10.5. The molecule has 20 heavy (non-hydrogen) atoms. The number of carboxylic acid groups (broad SMARTS) is 1. The lowest BCUT2D eigenvalue weighted by atomic mass is 10.0. The van der Waals surface area contributed by atoms with Gasteiger partial charge in [0.15, 0.2) is 0 Å². The van der Waals surface area contributed by atoms with Crippen LogP contribution in [0.15, 0.2) is 36.9 Å². The quantitative estimate of drug-likeness (QED) is 0.652. The molecular weight excluding hydrogens is 274 g/mol. The van der Waals surface area contributed by atoms with Crippen LogP contribution < -0.4 is 4.90 Å². The van der Waals surface area contributed by atoms with Crippen LogP contribution >= 0.6 is 11.6 Å². The highest BCUT2D eigenvalue weighted by molar-refractivity contribution is 6.33. The number of hydrogen-bond acceptors (Lipinski definition) is 2. The highest BCUT2D eigenvalue weighted by Gasteiger charge is 2.22. The predicted molar refractivity (Wildman–Crippen MR) is 85.4 cm³/mol. The van der Waals surface area contributed by atoms with Crippen molar-refractivity contribution in [1.29, 1.82) is 0 Å². The minimum Gasteiger partial charge on any atom is -0.478 e. The fraction of sp³-hybridized carbons (Fsp3) is 0.312. The number of anilines is 1. The third-order valence-electron chi connectivity index (χ3n) is 2.80. The van der Waals surface area contributed by atoms with Gasteiger partial charge in [0.1, 0.15) is 0 Å². The Morgan fingerprint density at radius 3 is 2.55 bits per heavy atom. The van der Waals surface area contributed by atoms with E-state index in [1.165, 1.54) is 6.08 Å². The van der Waals surface area contributed by atoms with Crippen LogP contribution in [0.1, 0.15) is 26.3 Å². The van der Waals surface area contributed by atoms with Crippen LogP contribution in [0.25, 0.3) is 6.08 Å². The Balaban J connectivity index is 3.13. The molecule has 0 aliphatic rings. The van der Waals surface area contributed by atoms with Gasteiger partial charge < -0.3 is 10.0 Å². The van der Waals surface area contributed by atoms with Gasteiger partial charge in [-0.1, -0.05) is 23.7 Å². The van der Waals surface area contributed by atoms with Crippen LogP contribution in [-0.4, -0.2) is 23.2 Å². The van der Waals surface area contributed by atoms with E-state index in [2.05, 4.69) is 32.3 Å². The van der Waals surface area contributed by atoms with Crippen molar-refractivity contribution in [2.45, 2.75) is 26.3 Å². The molecule has 0 bridgehead atoms. The molecule has 1 aromatic rings. The summed E-state index contributed by atoms with van der Waals surface area (Å²) in [7, 11) is 0. The zero-order chi connectivity index (χ0) is 15.3. The summed E-state index contributed by atoms with van der Waals surface area (Å²) >= 11 is 6.32. The van der Waals surface area contributed by atoms with Gasteiger partial charge in [-0.15, -0.1) is 6.58 Å². The molecular formula is C16H20ClNO2. The lowest BCUT2D eigenvalue weighted by Gasteiger charge is -2.37. The first kappa shape index (κ1) is 16.3. The molecule has 0 aromatic heterocycles. The molecule has 4 heteroatoms. The second-order valence-corrected chi connectivity index (χ2v) is 5.86. The molecule has 108 valence electrons. The van der Waals surface area contributed by atoms with Gasteiger partial charge in [0.25, 0.3) is 0 Å². The molecule has 0 fully saturated rings. The zero-order valence-electron chi connectivity index (χ0n) is 12.1. The maximum Gasteiger partial charge on any atom is 0.328 e. The van der Waals surface area contributed by atoms with E-state index in [0.29, 0.717) is 11.6 Å². The van der Waals surface area contributed by atoms with Crippen molar-refractivity contribution >= 4 is 29.3 Å². The average Bonchev–Trinajstić information content (AvgIpc) is 2.33. The summed E-state index contributed by atoms with van der Waals surface area (Å²) in [4.78, 5) is 12.7. The van der Waals surface area contributed by atoms with Crippen molar-refractivity contribution in [3.8, 4) is 0 Å². The number of carbonyl (C=O) groups is 1. The van der Waals surface area contributed by atoms with Crippen molar-refractivity contribution in [2.24, 2.45) is 0 Å². The average molecular weight is 294 g/mol. The number of rotatable bonds is 5. The number of aliphatic carboxylic acids is 1. The second-order valence-electron chi connectivity index (χ2n) is 5.45. The van der Waals surface area contributed by atoms with Crippen molar-refractivity contribution in [2.75, 3.05) is 11.4 Å². The first-order chi connectivity index (χ1) is 9.25. The fourth-order valence-electron chi connectivity index (χ4n) is 1.88. The van der Waals surface area contributed by atoms with E-state index in [9.17, 15) is 4.79 Å². The van der Waals surface area contributed by atoms with Crippen molar-refractivity contribution in [3.05, 3.63) is 47.5 Å². The second kappa shape index (κ2) is 6.62. The molecule has 1 N–H and O–H groups in total. The van der Waals surface area contributed by atoms with Gasteiger partial charge >= 0.3 is 5.97 Å². The van der Waals surface area contributed by atoms with Crippen molar-refractivity contribution < 1.29 is 9.90 Å². The lowest BCUT2D eigenvalue weighted by Crippen LogP contribution is -2.41. The minimum atomic E-state index is -0.979. The number of halogens is 1. The summed E-state index contributed by atoms with van der Waals surface area (Å²) in [5.74, 6) is -0.979. The van der Waals surface area contributed by atoms with Gasteiger partial charge in [0.2, 0.25) is 0 Å². The van der Waals surface area contributed by atoms with Gasteiger partial charge in [0.05, 0.1) is 10.7 Å². The number of benzene rings is 1. The van der Waals surface area contributed by atoms with Crippen molar-refractivity contribution in [3.63, 3.8) is 0 Å². The SMILES string of the molecule is C=CCN(c1ccc(/C=C/C(=O)O)cc1Cl)C(C)(C)C. The van der Waals surface area contributed by atoms with Gasteiger partial charge in [-0.25, -0.2) is 4.79 Å². The molecule has 3 nitrogen and oxygen atoms in total. The molecule has 0 aliphatic carbocycles. The van der Waals surface area contributed by atoms with E-state index < -0.39 is 5.97 Å². The van der Waals surface area contributed by atoms with Crippen LogP contribution in [-0.2, 0) is 4.79 Å². The van der Waals surface area contributed by atoms with Gasteiger partial charge in [0, 0.05) is 18.2 Å². The maximum atomic E-state index is 10.5. The van der Waals surface area contributed by atoms with E-state index in [0.717, 1.165) is 17.3 Å². The molecule has 0 saturated carbocycles. The summed E-state index contributed by atoms with van der Waals surface area (Å²) in [6.07, 6.45) is 4.45. The smallest absolute Gasteiger partial charge is 0.328 e. The summed E-state index contributed by atoms with van der Waals surface area (Å²) in [5.41, 5.74) is 1.58. The van der Waals surface area contributed by atoms with E-state index in [4.69, 9.17) is 16.7 Å². The van der Waals surface area contributed by atoms with Crippen LogP contribution in [0, 0.1) is 0 Å². The van der Waals surface area contributed by atoms with E-state index in [1.54, 1.807) is 6.07 Å². The Morgan fingerprint density at radius 2 is 2.10 bits per heavy atom. The fourth-order valence-corrected chi connectivity index (χ4v) is 2.17. The van der Waals surface area contributed by atoms with Crippen LogP contribution in [0.4, 0.5) is 5.69 Å². The highest BCUT2D eigenvalue weighted by Crippen LogP contribution is 2.32. The van der Waals surface area contributed by atoms with E-state index in [-0.39, 0.29) is 5.54 Å². The Labute approximate surface area is 125 Å². The van der Waals surface area contributed by atoms with E-state index in [1.807, 2.05) is 18.2 Å². The number of nitrogens with zero attached hydrogens (tertiary/aromatic N) is 1. The molecule has 0 spiro atoms. The molecule has 1 rings (SSSR count). The topological polar surface area (TPSA) is 40.5 Å². The predicted octanol–water partition coefficient (Wildman–Crippen LogP) is 4.23. The molecule has 0 atom stereocenters. The van der Waals surface area contributed by atoms with Gasteiger partial charge in [-0.3, -0.25) is 0 Å². The lowest BCUT2D eigenvalue weighted by molar-refractivity contribution is -0.131. The van der Waals surface area contributed by atoms with Crippen molar-refractivity contribution in [1.82, 2.24) is 0 Å². The Kier molecular flexibility index (Phi) is 5.40. The molecule has 0 heterocycles. The summed E-state index contributed by atoms with van der Waals surface area (Å²) in [5, 5.41) is 9.22. The molecule has 1 aromatic carbocycles. The number of carboxylic acids is 1. The number of hydrogen-bond donors (Lipinski definition) is 1. The van der Waals surface area contributed by atoms with Gasteiger partial charge in [-0.05, 0) is 44.5 Å². The Bertz CT molecular complexity index is 530. The first-order valence-corrected chi connectivity index (χ1v) is 6.72. The zero-order valence-corrected chi connectivity index (χ0v) is 12.8. The third kappa shape index (κ3) is 4.42. The van der Waals surface area contributed by atoms with Gasteiger partial charge in [-0.2, -0.15) is 0 Å². The monoisotopic (exact) mass is 293 g/mol. The first-order valence-electron chi connectivity index (χ1n) is 6.35. The summed E-state index contributed by atoms with van der Waals surface area (Å²) in [6, 6.07) is 5.51. The normalized spacial score (nSPS) is 11.6. The Hall–Kier alpha value is -1.74. The van der Waals surface area contributed by atoms with Crippen LogP contribution in [0.5, 0.6) is 0 Å². The third-order valence-corrected chi connectivity index (χ3v) is 3.11. The summed E-state index contributed by atoms with van der Waals surface area (Å²) in [6.45, 7) is 10.8. The molecule has 0 amide bonds. The van der Waals surface area contributed by atoms with E-state index >= 15 is 0 Å². The molecule has 0 unspecified atom stereocenters. The largest absolute Gasteiger partial charge is 0.478 e.